The summed E-state index contributed by atoms with van der Waals surface area (Å²) < 4.78 is 0. The zero-order valence-corrected chi connectivity index (χ0v) is 10.9. The first-order valence-electron chi connectivity index (χ1n) is 6.49. The number of hydrogen-bond donors (Lipinski definition) is 1. The topological polar surface area (TPSA) is 36.4 Å². The van der Waals surface area contributed by atoms with Crippen LogP contribution in [0.2, 0.25) is 0 Å². The Labute approximate surface area is 103 Å². The molecule has 0 spiro atoms. The van der Waals surface area contributed by atoms with Crippen LogP contribution in [0.3, 0.4) is 0 Å². The van der Waals surface area contributed by atoms with Gasteiger partial charge in [0.1, 0.15) is 5.82 Å². The van der Waals surface area contributed by atoms with Gasteiger partial charge in [-0.15, -0.1) is 0 Å². The van der Waals surface area contributed by atoms with E-state index in [4.69, 9.17) is 0 Å². The van der Waals surface area contributed by atoms with Crippen molar-refractivity contribution in [1.29, 1.82) is 0 Å². The van der Waals surface area contributed by atoms with Crippen molar-refractivity contribution in [1.82, 2.24) is 4.98 Å². The monoisotopic (exact) mass is 234 g/mol. The fourth-order valence-electron chi connectivity index (χ4n) is 2.16. The summed E-state index contributed by atoms with van der Waals surface area (Å²) >= 11 is 0. The summed E-state index contributed by atoms with van der Waals surface area (Å²) in [4.78, 5) is 6.85. The summed E-state index contributed by atoms with van der Waals surface area (Å²) in [5, 5.41) is 9.82. The highest BCUT2D eigenvalue weighted by atomic mass is 16.3. The molecule has 1 fully saturated rings. The van der Waals surface area contributed by atoms with Gasteiger partial charge in [-0.3, -0.25) is 0 Å². The first-order chi connectivity index (χ1) is 8.09. The maximum atomic E-state index is 9.82. The summed E-state index contributed by atoms with van der Waals surface area (Å²) in [7, 11) is 0. The minimum absolute atomic E-state index is 0.452. The van der Waals surface area contributed by atoms with Crippen molar-refractivity contribution in [3.63, 3.8) is 0 Å². The van der Waals surface area contributed by atoms with Gasteiger partial charge in [0.2, 0.25) is 0 Å². The third-order valence-corrected chi connectivity index (χ3v) is 3.09. The lowest BCUT2D eigenvalue weighted by atomic mass is 10.1. The Morgan fingerprint density at radius 3 is 2.65 bits per heavy atom. The largest absolute Gasteiger partial charge is 0.389 e. The van der Waals surface area contributed by atoms with Crippen LogP contribution in [0.25, 0.3) is 0 Å². The van der Waals surface area contributed by atoms with Crippen LogP contribution in [-0.4, -0.2) is 22.7 Å². The third-order valence-electron chi connectivity index (χ3n) is 3.09. The highest BCUT2D eigenvalue weighted by molar-refractivity contribution is 5.49. The zero-order valence-electron chi connectivity index (χ0n) is 10.9. The van der Waals surface area contributed by atoms with Gasteiger partial charge in [-0.2, -0.15) is 0 Å². The molecule has 17 heavy (non-hydrogen) atoms. The van der Waals surface area contributed by atoms with Crippen LogP contribution in [0.1, 0.15) is 45.3 Å². The molecule has 0 unspecified atom stereocenters. The van der Waals surface area contributed by atoms with Crippen molar-refractivity contribution in [3.05, 3.63) is 23.9 Å². The molecule has 3 heteroatoms. The normalized spacial score (nSPS) is 17.2. The summed E-state index contributed by atoms with van der Waals surface area (Å²) in [6.45, 7) is 7.27. The Morgan fingerprint density at radius 2 is 2.12 bits per heavy atom. The molecule has 0 bridgehead atoms. The van der Waals surface area contributed by atoms with Crippen molar-refractivity contribution < 1.29 is 5.11 Å². The standard InChI is InChI=1S/C14H22N2O/c1-10(2)9-16(12-6-7-12)14-13(11(3)17)5-4-8-15-14/h4-5,8,10-12,17H,6-7,9H2,1-3H3/t11-/m0/s1. The predicted octanol–water partition coefficient (Wildman–Crippen LogP) is 2.76. The first-order valence-corrected chi connectivity index (χ1v) is 6.49. The van der Waals surface area contributed by atoms with E-state index in [9.17, 15) is 5.11 Å². The van der Waals surface area contributed by atoms with Gasteiger partial charge >= 0.3 is 0 Å². The van der Waals surface area contributed by atoms with E-state index in [-0.39, 0.29) is 0 Å². The van der Waals surface area contributed by atoms with Crippen LogP contribution in [0, 0.1) is 5.92 Å². The van der Waals surface area contributed by atoms with Crippen molar-refractivity contribution in [2.24, 2.45) is 5.92 Å². The van der Waals surface area contributed by atoms with E-state index in [0.717, 1.165) is 17.9 Å². The molecule has 3 nitrogen and oxygen atoms in total. The van der Waals surface area contributed by atoms with Crippen LogP contribution < -0.4 is 4.90 Å². The smallest absolute Gasteiger partial charge is 0.134 e. The van der Waals surface area contributed by atoms with Gasteiger partial charge in [0, 0.05) is 24.3 Å². The van der Waals surface area contributed by atoms with Gasteiger partial charge in [0.15, 0.2) is 0 Å². The minimum Gasteiger partial charge on any atom is -0.389 e. The van der Waals surface area contributed by atoms with E-state index in [1.54, 1.807) is 6.92 Å². The lowest BCUT2D eigenvalue weighted by Crippen LogP contribution is -2.31. The molecule has 0 aliphatic heterocycles. The molecule has 0 saturated heterocycles. The molecular formula is C14H22N2O. The first kappa shape index (κ1) is 12.4. The van der Waals surface area contributed by atoms with Gasteiger partial charge in [0.05, 0.1) is 6.10 Å². The van der Waals surface area contributed by atoms with E-state index in [1.165, 1.54) is 12.8 Å². The SMILES string of the molecule is CC(C)CN(c1ncccc1[C@H](C)O)C1CC1. The third kappa shape index (κ3) is 2.97. The van der Waals surface area contributed by atoms with Crippen LogP contribution in [0.4, 0.5) is 5.82 Å². The zero-order chi connectivity index (χ0) is 12.4. The number of pyridine rings is 1. The molecule has 1 saturated carbocycles. The van der Waals surface area contributed by atoms with E-state index in [0.29, 0.717) is 12.0 Å². The van der Waals surface area contributed by atoms with E-state index >= 15 is 0 Å². The lowest BCUT2D eigenvalue weighted by Gasteiger charge is -2.28. The minimum atomic E-state index is -0.452. The number of rotatable bonds is 5. The molecule has 1 heterocycles. The van der Waals surface area contributed by atoms with Gasteiger partial charge in [-0.1, -0.05) is 19.9 Å². The van der Waals surface area contributed by atoms with Crippen LogP contribution in [-0.2, 0) is 0 Å². The van der Waals surface area contributed by atoms with E-state index in [2.05, 4.69) is 23.7 Å². The number of aliphatic hydroxyl groups excluding tert-OH is 1. The Hall–Kier alpha value is -1.09. The van der Waals surface area contributed by atoms with Crippen LogP contribution >= 0.6 is 0 Å². The molecule has 1 N–H and O–H groups in total. The molecule has 1 aromatic heterocycles. The summed E-state index contributed by atoms with van der Waals surface area (Å²) in [6, 6.07) is 4.50. The number of aliphatic hydroxyl groups is 1. The molecule has 2 rings (SSSR count). The quantitative estimate of drug-likeness (QED) is 0.851. The molecule has 1 atom stereocenters. The number of aromatic nitrogens is 1. The average Bonchev–Trinajstić information content (AvgIpc) is 3.09. The number of nitrogens with zero attached hydrogens (tertiary/aromatic N) is 2. The average molecular weight is 234 g/mol. The summed E-state index contributed by atoms with van der Waals surface area (Å²) in [5.41, 5.74) is 0.944. The molecule has 0 amide bonds. The Bertz CT molecular complexity index is 372. The molecule has 1 aliphatic rings. The second-order valence-electron chi connectivity index (χ2n) is 5.37. The molecule has 1 aliphatic carbocycles. The van der Waals surface area contributed by atoms with Gasteiger partial charge in [0.25, 0.3) is 0 Å². The second kappa shape index (κ2) is 5.05. The number of anilines is 1. The molecule has 0 radical (unpaired) electrons. The molecule has 1 aromatic rings. The molecule has 0 aromatic carbocycles. The van der Waals surface area contributed by atoms with E-state index < -0.39 is 6.10 Å². The number of hydrogen-bond acceptors (Lipinski definition) is 3. The Kier molecular flexibility index (Phi) is 3.67. The maximum absolute atomic E-state index is 9.82. The summed E-state index contributed by atoms with van der Waals surface area (Å²) in [6.07, 6.45) is 3.87. The van der Waals surface area contributed by atoms with Gasteiger partial charge in [-0.05, 0) is 31.7 Å². The van der Waals surface area contributed by atoms with Crippen LogP contribution in [0.15, 0.2) is 18.3 Å². The predicted molar refractivity (Wildman–Crippen MR) is 70.1 cm³/mol. The maximum Gasteiger partial charge on any atom is 0.134 e. The second-order valence-corrected chi connectivity index (χ2v) is 5.37. The fraction of sp³-hybridized carbons (Fsp3) is 0.643. The van der Waals surface area contributed by atoms with Gasteiger partial charge in [-0.25, -0.2) is 4.98 Å². The van der Waals surface area contributed by atoms with Crippen LogP contribution in [0.5, 0.6) is 0 Å². The lowest BCUT2D eigenvalue weighted by molar-refractivity contribution is 0.199. The fourth-order valence-corrected chi connectivity index (χ4v) is 2.16. The van der Waals surface area contributed by atoms with Crippen molar-refractivity contribution in [2.75, 3.05) is 11.4 Å². The highest BCUT2D eigenvalue weighted by Gasteiger charge is 2.31. The molecule has 94 valence electrons. The van der Waals surface area contributed by atoms with Crippen molar-refractivity contribution in [2.45, 2.75) is 45.8 Å². The van der Waals surface area contributed by atoms with E-state index in [1.807, 2.05) is 18.3 Å². The highest BCUT2D eigenvalue weighted by Crippen LogP contribution is 2.34. The van der Waals surface area contributed by atoms with Crippen molar-refractivity contribution >= 4 is 5.82 Å². The van der Waals surface area contributed by atoms with Crippen molar-refractivity contribution in [3.8, 4) is 0 Å². The Balaban J connectivity index is 2.28. The Morgan fingerprint density at radius 1 is 1.41 bits per heavy atom. The summed E-state index contributed by atoms with van der Waals surface area (Å²) in [5.74, 6) is 1.58. The molecular weight excluding hydrogens is 212 g/mol. The van der Waals surface area contributed by atoms with Gasteiger partial charge < -0.3 is 10.0 Å².